The normalized spacial score (nSPS) is 16.1. The Morgan fingerprint density at radius 3 is 2.35 bits per heavy atom. The van der Waals surface area contributed by atoms with Crippen LogP contribution >= 0.6 is 0 Å². The first-order valence-corrected chi connectivity index (χ1v) is 6.50. The van der Waals surface area contributed by atoms with Gasteiger partial charge in [0.05, 0.1) is 26.7 Å². The van der Waals surface area contributed by atoms with E-state index in [1.807, 2.05) is 0 Å². The third-order valence-electron chi connectivity index (χ3n) is 3.66. The molecule has 0 spiro atoms. The molecular formula is C13H19N3O4. The summed E-state index contributed by atoms with van der Waals surface area (Å²) in [5.74, 6) is 0.425. The van der Waals surface area contributed by atoms with E-state index in [0.29, 0.717) is 24.3 Å². The zero-order valence-corrected chi connectivity index (χ0v) is 11.7. The largest absolute Gasteiger partial charge is 0.481 e. The Morgan fingerprint density at radius 2 is 1.95 bits per heavy atom. The van der Waals surface area contributed by atoms with Gasteiger partial charge in [-0.2, -0.15) is 9.97 Å². The van der Waals surface area contributed by atoms with Crippen molar-refractivity contribution in [3.8, 4) is 11.8 Å². The van der Waals surface area contributed by atoms with Gasteiger partial charge in [0.15, 0.2) is 0 Å². The number of aliphatic carboxylic acids is 1. The van der Waals surface area contributed by atoms with Gasteiger partial charge in [-0.1, -0.05) is 6.42 Å². The monoisotopic (exact) mass is 281 g/mol. The number of anilines is 1. The highest BCUT2D eigenvalue weighted by molar-refractivity contribution is 5.68. The summed E-state index contributed by atoms with van der Waals surface area (Å²) < 4.78 is 10.1. The average Bonchev–Trinajstić information content (AvgIpc) is 2.40. The molecule has 110 valence electrons. The van der Waals surface area contributed by atoms with E-state index in [4.69, 9.17) is 14.6 Å². The van der Waals surface area contributed by atoms with E-state index in [1.54, 1.807) is 6.07 Å². The van der Waals surface area contributed by atoms with Crippen molar-refractivity contribution in [2.24, 2.45) is 5.41 Å². The van der Waals surface area contributed by atoms with Crippen LogP contribution in [-0.2, 0) is 4.79 Å². The lowest BCUT2D eigenvalue weighted by Crippen LogP contribution is -2.38. The van der Waals surface area contributed by atoms with Crippen LogP contribution in [0.15, 0.2) is 6.07 Å². The predicted octanol–water partition coefficient (Wildman–Crippen LogP) is 1.55. The SMILES string of the molecule is COc1cc(OC)nc(NCC2(CC(=O)O)CCC2)n1. The smallest absolute Gasteiger partial charge is 0.303 e. The van der Waals surface area contributed by atoms with Crippen LogP contribution in [0, 0.1) is 5.41 Å². The van der Waals surface area contributed by atoms with E-state index in [0.717, 1.165) is 19.3 Å². The molecule has 0 bridgehead atoms. The summed E-state index contributed by atoms with van der Waals surface area (Å²) in [6.07, 6.45) is 3.05. The van der Waals surface area contributed by atoms with Gasteiger partial charge in [-0.25, -0.2) is 0 Å². The molecule has 0 aromatic carbocycles. The van der Waals surface area contributed by atoms with Crippen molar-refractivity contribution in [2.45, 2.75) is 25.7 Å². The molecule has 0 unspecified atom stereocenters. The molecule has 0 radical (unpaired) electrons. The van der Waals surface area contributed by atoms with Gasteiger partial charge >= 0.3 is 5.97 Å². The molecule has 0 saturated heterocycles. The summed E-state index contributed by atoms with van der Waals surface area (Å²) in [6.45, 7) is 0.537. The lowest BCUT2D eigenvalue weighted by molar-refractivity contribution is -0.141. The van der Waals surface area contributed by atoms with Crippen LogP contribution in [0.4, 0.5) is 5.95 Å². The van der Waals surface area contributed by atoms with Gasteiger partial charge in [-0.3, -0.25) is 4.79 Å². The number of ether oxygens (including phenoxy) is 2. The molecule has 2 rings (SSSR count). The second-order valence-corrected chi connectivity index (χ2v) is 5.05. The third kappa shape index (κ3) is 3.28. The molecule has 7 heteroatoms. The molecule has 0 amide bonds. The number of nitrogens with zero attached hydrogens (tertiary/aromatic N) is 2. The highest BCUT2D eigenvalue weighted by Gasteiger charge is 2.39. The van der Waals surface area contributed by atoms with Crippen molar-refractivity contribution in [1.29, 1.82) is 0 Å². The standard InChI is InChI=1S/C13H19N3O4/c1-19-9-6-10(20-2)16-12(15-9)14-8-13(4-3-5-13)7-11(17)18/h6H,3-5,7-8H2,1-2H3,(H,17,18)(H,14,15,16). The number of aromatic nitrogens is 2. The van der Waals surface area contributed by atoms with Gasteiger partial charge in [-0.15, -0.1) is 0 Å². The van der Waals surface area contributed by atoms with Crippen LogP contribution in [0.3, 0.4) is 0 Å². The first-order valence-electron chi connectivity index (χ1n) is 6.50. The Labute approximate surface area is 117 Å². The Hall–Kier alpha value is -2.05. The van der Waals surface area contributed by atoms with Gasteiger partial charge in [-0.05, 0) is 18.3 Å². The fourth-order valence-electron chi connectivity index (χ4n) is 2.37. The molecule has 0 atom stereocenters. The summed E-state index contributed by atoms with van der Waals surface area (Å²) in [6, 6.07) is 1.58. The number of nitrogens with one attached hydrogen (secondary N) is 1. The highest BCUT2D eigenvalue weighted by atomic mass is 16.5. The van der Waals surface area contributed by atoms with Crippen molar-refractivity contribution in [3.63, 3.8) is 0 Å². The van der Waals surface area contributed by atoms with Crippen molar-refractivity contribution < 1.29 is 19.4 Å². The number of rotatable bonds is 7. The summed E-state index contributed by atoms with van der Waals surface area (Å²) in [4.78, 5) is 19.3. The van der Waals surface area contributed by atoms with Gasteiger partial charge in [0.1, 0.15) is 0 Å². The number of hydrogen-bond donors (Lipinski definition) is 2. The molecule has 1 saturated carbocycles. The van der Waals surface area contributed by atoms with E-state index in [9.17, 15) is 4.79 Å². The maximum atomic E-state index is 10.9. The first kappa shape index (κ1) is 14.4. The molecule has 1 aliphatic carbocycles. The fraction of sp³-hybridized carbons (Fsp3) is 0.615. The predicted molar refractivity (Wildman–Crippen MR) is 72.2 cm³/mol. The molecular weight excluding hydrogens is 262 g/mol. The molecule has 0 aliphatic heterocycles. The summed E-state index contributed by atoms with van der Waals surface area (Å²) in [7, 11) is 3.03. The topological polar surface area (TPSA) is 93.6 Å². The molecule has 1 heterocycles. The average molecular weight is 281 g/mol. The first-order chi connectivity index (χ1) is 9.57. The Kier molecular flexibility index (Phi) is 4.26. The quantitative estimate of drug-likeness (QED) is 0.783. The van der Waals surface area contributed by atoms with Crippen LogP contribution in [0.25, 0.3) is 0 Å². The van der Waals surface area contributed by atoms with E-state index in [1.165, 1.54) is 14.2 Å². The zero-order valence-electron chi connectivity index (χ0n) is 11.7. The lowest BCUT2D eigenvalue weighted by atomic mass is 9.66. The molecule has 1 aromatic rings. The minimum Gasteiger partial charge on any atom is -0.481 e. The van der Waals surface area contributed by atoms with Crippen LogP contribution in [0.1, 0.15) is 25.7 Å². The number of carbonyl (C=O) groups is 1. The Bertz CT molecular complexity index is 466. The number of carboxylic acids is 1. The highest BCUT2D eigenvalue weighted by Crippen LogP contribution is 2.43. The van der Waals surface area contributed by atoms with E-state index < -0.39 is 5.97 Å². The van der Waals surface area contributed by atoms with Crippen molar-refractivity contribution in [2.75, 3.05) is 26.1 Å². The number of methoxy groups -OCH3 is 2. The number of hydrogen-bond acceptors (Lipinski definition) is 6. The van der Waals surface area contributed by atoms with Crippen LogP contribution in [0.5, 0.6) is 11.8 Å². The van der Waals surface area contributed by atoms with E-state index in [-0.39, 0.29) is 11.8 Å². The zero-order chi connectivity index (χ0) is 14.6. The maximum absolute atomic E-state index is 10.9. The molecule has 7 nitrogen and oxygen atoms in total. The van der Waals surface area contributed by atoms with Crippen molar-refractivity contribution in [3.05, 3.63) is 6.07 Å². The number of carboxylic acid groups (broad SMARTS) is 1. The second kappa shape index (κ2) is 5.94. The van der Waals surface area contributed by atoms with Crippen LogP contribution in [-0.4, -0.2) is 41.8 Å². The molecule has 1 aliphatic rings. The van der Waals surface area contributed by atoms with Gasteiger partial charge in [0.2, 0.25) is 17.7 Å². The molecule has 1 aromatic heterocycles. The van der Waals surface area contributed by atoms with Crippen molar-refractivity contribution in [1.82, 2.24) is 9.97 Å². The minimum absolute atomic E-state index is 0.168. The van der Waals surface area contributed by atoms with Crippen LogP contribution in [0.2, 0.25) is 0 Å². The van der Waals surface area contributed by atoms with Gasteiger partial charge in [0.25, 0.3) is 0 Å². The Morgan fingerprint density at radius 1 is 1.35 bits per heavy atom. The lowest BCUT2D eigenvalue weighted by Gasteiger charge is -2.40. The van der Waals surface area contributed by atoms with Gasteiger partial charge < -0.3 is 19.9 Å². The van der Waals surface area contributed by atoms with Crippen molar-refractivity contribution >= 4 is 11.9 Å². The van der Waals surface area contributed by atoms with E-state index in [2.05, 4.69) is 15.3 Å². The Balaban J connectivity index is 2.04. The fourth-order valence-corrected chi connectivity index (χ4v) is 2.37. The summed E-state index contributed by atoms with van der Waals surface area (Å²) in [5.41, 5.74) is -0.189. The molecule has 1 fully saturated rings. The molecule has 20 heavy (non-hydrogen) atoms. The maximum Gasteiger partial charge on any atom is 0.303 e. The van der Waals surface area contributed by atoms with E-state index >= 15 is 0 Å². The third-order valence-corrected chi connectivity index (χ3v) is 3.66. The van der Waals surface area contributed by atoms with Crippen LogP contribution < -0.4 is 14.8 Å². The second-order valence-electron chi connectivity index (χ2n) is 5.05. The summed E-state index contributed by atoms with van der Waals surface area (Å²) in [5, 5.41) is 12.1. The van der Waals surface area contributed by atoms with Gasteiger partial charge in [0, 0.05) is 6.54 Å². The molecule has 2 N–H and O–H groups in total. The summed E-state index contributed by atoms with van der Waals surface area (Å²) >= 11 is 0. The minimum atomic E-state index is -0.768.